The van der Waals surface area contributed by atoms with Crippen molar-refractivity contribution in [2.75, 3.05) is 13.2 Å². The number of aromatic nitrogens is 1. The Balaban J connectivity index is 2.03. The highest BCUT2D eigenvalue weighted by Gasteiger charge is 2.17. The molecular weight excluding hydrogens is 232 g/mol. The van der Waals surface area contributed by atoms with Crippen LogP contribution in [0, 0.1) is 6.92 Å². The van der Waals surface area contributed by atoms with E-state index in [-0.39, 0.29) is 0 Å². The van der Waals surface area contributed by atoms with Crippen LogP contribution in [0.3, 0.4) is 0 Å². The Labute approximate surface area is 107 Å². The monoisotopic (exact) mass is 252 g/mol. The van der Waals surface area contributed by atoms with Crippen LogP contribution in [-0.4, -0.2) is 24.2 Å². The lowest BCUT2D eigenvalue weighted by Crippen LogP contribution is -2.34. The van der Waals surface area contributed by atoms with Crippen molar-refractivity contribution >= 4 is 11.3 Å². The third-order valence-corrected chi connectivity index (χ3v) is 3.76. The summed E-state index contributed by atoms with van der Waals surface area (Å²) in [5, 5.41) is 6.83. The summed E-state index contributed by atoms with van der Waals surface area (Å²) in [6.07, 6.45) is 5.17. The summed E-state index contributed by atoms with van der Waals surface area (Å²) < 4.78 is 5.43. The maximum atomic E-state index is 5.43. The third-order valence-electron chi connectivity index (χ3n) is 2.94. The number of thiazole rings is 1. The van der Waals surface area contributed by atoms with E-state index in [4.69, 9.17) is 4.74 Å². The Morgan fingerprint density at radius 3 is 3.06 bits per heavy atom. The van der Waals surface area contributed by atoms with Gasteiger partial charge in [-0.2, -0.15) is 0 Å². The van der Waals surface area contributed by atoms with Crippen molar-refractivity contribution < 1.29 is 4.74 Å². The van der Waals surface area contributed by atoms with Gasteiger partial charge in [-0.05, 0) is 31.9 Å². The van der Waals surface area contributed by atoms with Crippen LogP contribution in [0.25, 0.3) is 0 Å². The van der Waals surface area contributed by atoms with Crippen LogP contribution in [0.4, 0.5) is 0 Å². The first-order valence-electron chi connectivity index (χ1n) is 6.24. The second-order valence-electron chi connectivity index (χ2n) is 4.34. The molecular formula is C13H20N2OS. The molecule has 0 spiro atoms. The molecule has 94 valence electrons. The van der Waals surface area contributed by atoms with Gasteiger partial charge in [0.15, 0.2) is 0 Å². The van der Waals surface area contributed by atoms with Crippen LogP contribution >= 0.6 is 11.3 Å². The summed E-state index contributed by atoms with van der Waals surface area (Å²) in [5.74, 6) is 0. The average molecular weight is 252 g/mol. The first-order chi connectivity index (χ1) is 8.29. The highest BCUT2D eigenvalue weighted by atomic mass is 32.1. The van der Waals surface area contributed by atoms with Crippen LogP contribution < -0.4 is 5.32 Å². The van der Waals surface area contributed by atoms with E-state index in [1.165, 1.54) is 11.3 Å². The van der Waals surface area contributed by atoms with Crippen molar-refractivity contribution in [2.24, 2.45) is 0 Å². The van der Waals surface area contributed by atoms with E-state index in [9.17, 15) is 0 Å². The second kappa shape index (κ2) is 6.17. The molecule has 0 fully saturated rings. The summed E-state index contributed by atoms with van der Waals surface area (Å²) in [4.78, 5) is 4.54. The Morgan fingerprint density at radius 1 is 1.59 bits per heavy atom. The van der Waals surface area contributed by atoms with Gasteiger partial charge in [0.2, 0.25) is 0 Å². The predicted molar refractivity (Wildman–Crippen MR) is 71.3 cm³/mol. The van der Waals surface area contributed by atoms with Crippen LogP contribution in [0.2, 0.25) is 0 Å². The summed E-state index contributed by atoms with van der Waals surface area (Å²) in [5.41, 5.74) is 2.56. The van der Waals surface area contributed by atoms with Crippen molar-refractivity contribution in [2.45, 2.75) is 39.2 Å². The molecule has 1 aliphatic heterocycles. The zero-order valence-electron chi connectivity index (χ0n) is 10.5. The van der Waals surface area contributed by atoms with E-state index in [2.05, 4.69) is 29.5 Å². The molecule has 0 saturated heterocycles. The number of nitrogens with zero attached hydrogens (tertiary/aromatic N) is 1. The largest absolute Gasteiger partial charge is 0.501 e. The topological polar surface area (TPSA) is 34.2 Å². The van der Waals surface area contributed by atoms with Gasteiger partial charge in [0, 0.05) is 17.8 Å². The lowest BCUT2D eigenvalue weighted by molar-refractivity contribution is 0.219. The van der Waals surface area contributed by atoms with E-state index in [1.807, 2.05) is 6.26 Å². The molecule has 0 aromatic carbocycles. The zero-order valence-corrected chi connectivity index (χ0v) is 11.3. The molecule has 1 unspecified atom stereocenters. The molecule has 0 saturated carbocycles. The van der Waals surface area contributed by atoms with Crippen molar-refractivity contribution in [3.05, 3.63) is 27.9 Å². The highest BCUT2D eigenvalue weighted by Crippen LogP contribution is 2.19. The van der Waals surface area contributed by atoms with Crippen LogP contribution in [0.5, 0.6) is 0 Å². The SMILES string of the molecule is CCNC(Cc1csc(C)n1)C1=COCCC1. The molecule has 0 radical (unpaired) electrons. The van der Waals surface area contributed by atoms with Gasteiger partial charge in [-0.1, -0.05) is 6.92 Å². The van der Waals surface area contributed by atoms with Gasteiger partial charge in [-0.15, -0.1) is 11.3 Å². The molecule has 2 heterocycles. The van der Waals surface area contributed by atoms with Gasteiger partial charge in [0.25, 0.3) is 0 Å². The molecule has 1 aromatic heterocycles. The van der Waals surface area contributed by atoms with Gasteiger partial charge in [0.05, 0.1) is 23.6 Å². The van der Waals surface area contributed by atoms with E-state index in [1.54, 1.807) is 11.3 Å². The molecule has 1 atom stereocenters. The summed E-state index contributed by atoms with van der Waals surface area (Å²) >= 11 is 1.72. The summed E-state index contributed by atoms with van der Waals surface area (Å²) in [7, 11) is 0. The number of nitrogens with one attached hydrogen (secondary N) is 1. The minimum absolute atomic E-state index is 0.377. The first kappa shape index (κ1) is 12.6. The van der Waals surface area contributed by atoms with Crippen molar-refractivity contribution in [1.82, 2.24) is 10.3 Å². The number of hydrogen-bond donors (Lipinski definition) is 1. The fourth-order valence-electron chi connectivity index (χ4n) is 2.13. The number of ether oxygens (including phenoxy) is 1. The lowest BCUT2D eigenvalue weighted by atomic mass is 9.98. The summed E-state index contributed by atoms with van der Waals surface area (Å²) in [6.45, 7) is 6.03. The minimum atomic E-state index is 0.377. The van der Waals surface area contributed by atoms with Crippen molar-refractivity contribution in [1.29, 1.82) is 0 Å². The molecule has 0 bridgehead atoms. The quantitative estimate of drug-likeness (QED) is 0.875. The third kappa shape index (κ3) is 3.54. The van der Waals surface area contributed by atoms with Crippen molar-refractivity contribution in [3.63, 3.8) is 0 Å². The molecule has 3 nitrogen and oxygen atoms in total. The average Bonchev–Trinajstić information content (AvgIpc) is 2.75. The maximum Gasteiger partial charge on any atom is 0.0897 e. The van der Waals surface area contributed by atoms with E-state index >= 15 is 0 Å². The smallest absolute Gasteiger partial charge is 0.0897 e. The Kier molecular flexibility index (Phi) is 4.57. The summed E-state index contributed by atoms with van der Waals surface area (Å²) in [6, 6.07) is 0.377. The van der Waals surface area contributed by atoms with Gasteiger partial charge in [0.1, 0.15) is 0 Å². The van der Waals surface area contributed by atoms with Gasteiger partial charge < -0.3 is 10.1 Å². The fraction of sp³-hybridized carbons (Fsp3) is 0.615. The maximum absolute atomic E-state index is 5.43. The molecule has 0 aliphatic carbocycles. The molecule has 17 heavy (non-hydrogen) atoms. The fourth-order valence-corrected chi connectivity index (χ4v) is 2.76. The van der Waals surface area contributed by atoms with E-state index in [0.29, 0.717) is 6.04 Å². The molecule has 1 aromatic rings. The molecule has 1 aliphatic rings. The molecule has 2 rings (SSSR count). The highest BCUT2D eigenvalue weighted by molar-refractivity contribution is 7.09. The normalized spacial score (nSPS) is 17.4. The predicted octanol–water partition coefficient (Wildman–Crippen LogP) is 2.67. The Bertz CT molecular complexity index is 387. The minimum Gasteiger partial charge on any atom is -0.501 e. The first-order valence-corrected chi connectivity index (χ1v) is 7.12. The van der Waals surface area contributed by atoms with Crippen LogP contribution in [-0.2, 0) is 11.2 Å². The second-order valence-corrected chi connectivity index (χ2v) is 5.40. The van der Waals surface area contributed by atoms with Crippen LogP contribution in [0.15, 0.2) is 17.2 Å². The Hall–Kier alpha value is -0.870. The van der Waals surface area contributed by atoms with Gasteiger partial charge in [-0.25, -0.2) is 4.98 Å². The van der Waals surface area contributed by atoms with Gasteiger partial charge in [-0.3, -0.25) is 0 Å². The number of rotatable bonds is 5. The molecule has 0 amide bonds. The van der Waals surface area contributed by atoms with Crippen molar-refractivity contribution in [3.8, 4) is 0 Å². The zero-order chi connectivity index (χ0) is 12.1. The number of likely N-dealkylation sites (N-methyl/N-ethyl adjacent to an activating group) is 1. The van der Waals surface area contributed by atoms with Gasteiger partial charge >= 0.3 is 0 Å². The number of hydrogen-bond acceptors (Lipinski definition) is 4. The van der Waals surface area contributed by atoms with Crippen LogP contribution in [0.1, 0.15) is 30.5 Å². The Morgan fingerprint density at radius 2 is 2.47 bits per heavy atom. The van der Waals surface area contributed by atoms with E-state index < -0.39 is 0 Å². The number of aryl methyl sites for hydroxylation is 1. The standard InChI is InChI=1S/C13H20N2OS/c1-3-14-13(11-5-4-6-16-8-11)7-12-9-17-10(2)15-12/h8-9,13-14H,3-7H2,1-2H3. The lowest BCUT2D eigenvalue weighted by Gasteiger charge is -2.23. The molecule has 1 N–H and O–H groups in total. The molecule has 4 heteroatoms. The van der Waals surface area contributed by atoms with E-state index in [0.717, 1.165) is 37.4 Å².